The van der Waals surface area contributed by atoms with Gasteiger partial charge in [-0.1, -0.05) is 29.3 Å². The van der Waals surface area contributed by atoms with Crippen molar-refractivity contribution < 1.29 is 9.53 Å². The van der Waals surface area contributed by atoms with Crippen LogP contribution in [0.2, 0.25) is 10.0 Å². The Kier molecular flexibility index (Phi) is 4.92. The first kappa shape index (κ1) is 17.3. The number of hydrogen-bond donors (Lipinski definition) is 1. The summed E-state index contributed by atoms with van der Waals surface area (Å²) in [4.78, 5) is 28.9. The molecule has 0 aliphatic heterocycles. The Morgan fingerprint density at radius 2 is 2.08 bits per heavy atom. The smallest absolute Gasteiger partial charge is 0.261 e. The molecule has 0 bridgehead atoms. The standard InChI is InChI=1S/C17H13Cl2N3O3/c1-25-12-4-2-3-11(7-12)21-15(23)8-22-9-20-16-13(17(22)24)5-10(18)6-14(16)19/h2-7,9H,8H2,1H3,(H,21,23). The van der Waals surface area contributed by atoms with Gasteiger partial charge in [0, 0.05) is 16.8 Å². The molecule has 8 heteroatoms. The summed E-state index contributed by atoms with van der Waals surface area (Å²) in [7, 11) is 1.54. The molecule has 1 heterocycles. The number of halogens is 2. The Morgan fingerprint density at radius 1 is 1.28 bits per heavy atom. The van der Waals surface area contributed by atoms with Gasteiger partial charge in [-0.05, 0) is 24.3 Å². The largest absolute Gasteiger partial charge is 0.497 e. The molecule has 0 saturated carbocycles. The normalized spacial score (nSPS) is 10.7. The predicted octanol–water partition coefficient (Wildman–Crippen LogP) is 3.35. The molecule has 0 aliphatic carbocycles. The second-order valence-corrected chi connectivity index (χ2v) is 6.09. The van der Waals surface area contributed by atoms with Crippen LogP contribution in [0.25, 0.3) is 10.9 Å². The fraction of sp³-hybridized carbons (Fsp3) is 0.118. The summed E-state index contributed by atoms with van der Waals surface area (Å²) in [6.45, 7) is -0.191. The highest BCUT2D eigenvalue weighted by Crippen LogP contribution is 2.24. The van der Waals surface area contributed by atoms with Crippen molar-refractivity contribution >= 4 is 45.7 Å². The number of nitrogens with zero attached hydrogens (tertiary/aromatic N) is 2. The molecule has 0 radical (unpaired) electrons. The Hall–Kier alpha value is -2.57. The Labute approximate surface area is 153 Å². The summed E-state index contributed by atoms with van der Waals surface area (Å²) < 4.78 is 6.30. The lowest BCUT2D eigenvalue weighted by atomic mass is 10.2. The molecule has 1 amide bonds. The van der Waals surface area contributed by atoms with E-state index in [-0.39, 0.29) is 22.9 Å². The van der Waals surface area contributed by atoms with E-state index in [1.54, 1.807) is 24.3 Å². The molecular weight excluding hydrogens is 365 g/mol. The van der Waals surface area contributed by atoms with Crippen LogP contribution in [0.15, 0.2) is 47.5 Å². The minimum absolute atomic E-state index is 0.191. The highest BCUT2D eigenvalue weighted by Gasteiger charge is 2.11. The molecule has 3 aromatic rings. The minimum Gasteiger partial charge on any atom is -0.497 e. The van der Waals surface area contributed by atoms with Gasteiger partial charge in [-0.3, -0.25) is 14.2 Å². The van der Waals surface area contributed by atoms with Crippen LogP contribution in [-0.4, -0.2) is 22.6 Å². The number of methoxy groups -OCH3 is 1. The highest BCUT2D eigenvalue weighted by molar-refractivity contribution is 6.38. The number of fused-ring (bicyclic) bond motifs is 1. The van der Waals surface area contributed by atoms with E-state index in [9.17, 15) is 9.59 Å². The zero-order valence-corrected chi connectivity index (χ0v) is 14.6. The lowest BCUT2D eigenvalue weighted by Crippen LogP contribution is -2.28. The van der Waals surface area contributed by atoms with Crippen molar-refractivity contribution in [2.75, 3.05) is 12.4 Å². The fourth-order valence-electron chi connectivity index (χ4n) is 2.36. The Morgan fingerprint density at radius 3 is 2.84 bits per heavy atom. The Bertz CT molecular complexity index is 1020. The molecule has 128 valence electrons. The van der Waals surface area contributed by atoms with E-state index in [1.807, 2.05) is 0 Å². The lowest BCUT2D eigenvalue weighted by Gasteiger charge is -2.09. The topological polar surface area (TPSA) is 73.2 Å². The van der Waals surface area contributed by atoms with Gasteiger partial charge in [-0.15, -0.1) is 0 Å². The number of carbonyl (C=O) groups is 1. The van der Waals surface area contributed by atoms with Crippen LogP contribution in [0.5, 0.6) is 5.75 Å². The molecule has 25 heavy (non-hydrogen) atoms. The van der Waals surface area contributed by atoms with Crippen molar-refractivity contribution in [3.8, 4) is 5.75 Å². The third-order valence-electron chi connectivity index (χ3n) is 3.51. The SMILES string of the molecule is COc1cccc(NC(=O)Cn2cnc3c(Cl)cc(Cl)cc3c2=O)c1. The first-order valence-electron chi connectivity index (χ1n) is 7.26. The second kappa shape index (κ2) is 7.13. The quantitative estimate of drug-likeness (QED) is 0.756. The summed E-state index contributed by atoms with van der Waals surface area (Å²) >= 11 is 12.0. The van der Waals surface area contributed by atoms with Gasteiger partial charge < -0.3 is 10.1 Å². The van der Waals surface area contributed by atoms with Crippen LogP contribution in [0, 0.1) is 0 Å². The number of benzene rings is 2. The average molecular weight is 378 g/mol. The Balaban J connectivity index is 1.86. The summed E-state index contributed by atoms with van der Waals surface area (Å²) in [6, 6.07) is 9.91. The maximum Gasteiger partial charge on any atom is 0.261 e. The van der Waals surface area contributed by atoms with Crippen LogP contribution in [-0.2, 0) is 11.3 Å². The summed E-state index contributed by atoms with van der Waals surface area (Å²) in [5.74, 6) is 0.247. The molecule has 0 fully saturated rings. The minimum atomic E-state index is -0.393. The number of aromatic nitrogens is 2. The van der Waals surface area contributed by atoms with E-state index >= 15 is 0 Å². The molecule has 3 rings (SSSR count). The van der Waals surface area contributed by atoms with Crippen molar-refractivity contribution in [3.63, 3.8) is 0 Å². The van der Waals surface area contributed by atoms with Crippen LogP contribution < -0.4 is 15.6 Å². The number of ether oxygens (including phenoxy) is 1. The van der Waals surface area contributed by atoms with Crippen LogP contribution >= 0.6 is 23.2 Å². The molecule has 0 unspecified atom stereocenters. The zero-order chi connectivity index (χ0) is 18.0. The van der Waals surface area contributed by atoms with E-state index in [2.05, 4.69) is 10.3 Å². The summed E-state index contributed by atoms with van der Waals surface area (Å²) in [5, 5.41) is 3.58. The van der Waals surface area contributed by atoms with Crippen LogP contribution in [0.3, 0.4) is 0 Å². The van der Waals surface area contributed by atoms with Gasteiger partial charge in [0.05, 0.1) is 29.4 Å². The third-order valence-corrected chi connectivity index (χ3v) is 4.02. The van der Waals surface area contributed by atoms with Crippen LogP contribution in [0.4, 0.5) is 5.69 Å². The van der Waals surface area contributed by atoms with Crippen molar-refractivity contribution in [2.24, 2.45) is 0 Å². The number of hydrogen-bond acceptors (Lipinski definition) is 4. The van der Waals surface area contributed by atoms with Gasteiger partial charge in [-0.2, -0.15) is 0 Å². The summed E-state index contributed by atoms with van der Waals surface area (Å²) in [5.41, 5.74) is 0.521. The van der Waals surface area contributed by atoms with E-state index in [1.165, 1.54) is 30.1 Å². The van der Waals surface area contributed by atoms with E-state index < -0.39 is 5.56 Å². The molecule has 0 saturated heterocycles. The van der Waals surface area contributed by atoms with Crippen molar-refractivity contribution in [2.45, 2.75) is 6.54 Å². The van der Waals surface area contributed by atoms with Crippen molar-refractivity contribution in [1.82, 2.24) is 9.55 Å². The lowest BCUT2D eigenvalue weighted by molar-refractivity contribution is -0.116. The molecule has 1 N–H and O–H groups in total. The average Bonchev–Trinajstić information content (AvgIpc) is 2.58. The monoisotopic (exact) mass is 377 g/mol. The number of nitrogens with one attached hydrogen (secondary N) is 1. The van der Waals surface area contributed by atoms with Crippen LogP contribution in [0.1, 0.15) is 0 Å². The third kappa shape index (κ3) is 3.75. The second-order valence-electron chi connectivity index (χ2n) is 5.24. The van der Waals surface area contributed by atoms with E-state index in [0.717, 1.165) is 0 Å². The number of rotatable bonds is 4. The summed E-state index contributed by atoms with van der Waals surface area (Å²) in [6.07, 6.45) is 1.29. The number of amides is 1. The predicted molar refractivity (Wildman–Crippen MR) is 97.6 cm³/mol. The van der Waals surface area contributed by atoms with Gasteiger partial charge in [0.15, 0.2) is 0 Å². The van der Waals surface area contributed by atoms with E-state index in [4.69, 9.17) is 27.9 Å². The molecule has 2 aromatic carbocycles. The molecule has 0 spiro atoms. The van der Waals surface area contributed by atoms with Gasteiger partial charge in [0.25, 0.3) is 5.56 Å². The van der Waals surface area contributed by atoms with E-state index in [0.29, 0.717) is 22.0 Å². The first-order valence-corrected chi connectivity index (χ1v) is 8.01. The maximum atomic E-state index is 12.5. The van der Waals surface area contributed by atoms with Gasteiger partial charge in [-0.25, -0.2) is 4.98 Å². The van der Waals surface area contributed by atoms with Crippen molar-refractivity contribution in [1.29, 1.82) is 0 Å². The first-order chi connectivity index (χ1) is 12.0. The molecular formula is C17H13Cl2N3O3. The van der Waals surface area contributed by atoms with Crippen molar-refractivity contribution in [3.05, 3.63) is 63.1 Å². The fourth-order valence-corrected chi connectivity index (χ4v) is 2.91. The molecule has 6 nitrogen and oxygen atoms in total. The molecule has 1 aromatic heterocycles. The van der Waals surface area contributed by atoms with Gasteiger partial charge in [0.2, 0.25) is 5.91 Å². The maximum absolute atomic E-state index is 12.5. The highest BCUT2D eigenvalue weighted by atomic mass is 35.5. The van der Waals surface area contributed by atoms with Gasteiger partial charge in [0.1, 0.15) is 12.3 Å². The zero-order valence-electron chi connectivity index (χ0n) is 13.1. The van der Waals surface area contributed by atoms with Gasteiger partial charge >= 0.3 is 0 Å². The molecule has 0 aliphatic rings. The number of carbonyl (C=O) groups excluding carboxylic acids is 1. The number of anilines is 1. The molecule has 0 atom stereocenters.